The van der Waals surface area contributed by atoms with Crippen LogP contribution in [0.2, 0.25) is 0 Å². The zero-order chi connectivity index (χ0) is 12.7. The summed E-state index contributed by atoms with van der Waals surface area (Å²) in [5.74, 6) is 0. The molecule has 0 aromatic carbocycles. The second-order valence-electron chi connectivity index (χ2n) is 4.37. The molecule has 3 heterocycles. The molecule has 2 saturated heterocycles. The highest BCUT2D eigenvalue weighted by Crippen LogP contribution is 2.02. The van der Waals surface area contributed by atoms with Crippen LogP contribution in [0.3, 0.4) is 0 Å². The van der Waals surface area contributed by atoms with Crippen molar-refractivity contribution in [2.45, 2.75) is 38.5 Å². The molecule has 0 saturated carbocycles. The van der Waals surface area contributed by atoms with Gasteiger partial charge in [-0.2, -0.15) is 0 Å². The first kappa shape index (κ1) is 15.1. The first-order chi connectivity index (χ1) is 9.00. The zero-order valence-corrected chi connectivity index (χ0v) is 11.2. The second kappa shape index (κ2) is 12.5. The highest BCUT2D eigenvalue weighted by Gasteiger charge is 1.95. The third kappa shape index (κ3) is 10.2. The van der Waals surface area contributed by atoms with Gasteiger partial charge in [0, 0.05) is 38.8 Å². The van der Waals surface area contributed by atoms with Crippen LogP contribution in [0.1, 0.15) is 38.5 Å². The predicted octanol–water partition coefficient (Wildman–Crippen LogP) is 3.46. The summed E-state index contributed by atoms with van der Waals surface area (Å²) in [6.45, 7) is 4.00. The van der Waals surface area contributed by atoms with Crippen LogP contribution in [0.5, 0.6) is 0 Å². The fourth-order valence-corrected chi connectivity index (χ4v) is 1.69. The monoisotopic (exact) mass is 251 g/mol. The van der Waals surface area contributed by atoms with Crippen molar-refractivity contribution in [3.8, 4) is 0 Å². The Morgan fingerprint density at radius 1 is 0.556 bits per heavy atom. The molecule has 102 valence electrons. The molecule has 0 spiro atoms. The number of rotatable bonds is 0. The number of aromatic nitrogens is 1. The Kier molecular flexibility index (Phi) is 10.5. The van der Waals surface area contributed by atoms with E-state index in [1.807, 2.05) is 18.2 Å². The molecule has 2 aliphatic rings. The smallest absolute Gasteiger partial charge is 0.0466 e. The van der Waals surface area contributed by atoms with E-state index in [4.69, 9.17) is 9.47 Å². The van der Waals surface area contributed by atoms with Crippen molar-refractivity contribution in [1.82, 2.24) is 4.98 Å². The quantitative estimate of drug-likeness (QED) is 0.707. The second-order valence-corrected chi connectivity index (χ2v) is 4.37. The van der Waals surface area contributed by atoms with E-state index in [1.165, 1.54) is 38.5 Å². The van der Waals surface area contributed by atoms with E-state index in [0.717, 1.165) is 26.4 Å². The summed E-state index contributed by atoms with van der Waals surface area (Å²) in [4.78, 5) is 3.78. The summed E-state index contributed by atoms with van der Waals surface area (Å²) < 4.78 is 10.1. The van der Waals surface area contributed by atoms with Gasteiger partial charge in [0.2, 0.25) is 0 Å². The summed E-state index contributed by atoms with van der Waals surface area (Å²) in [5.41, 5.74) is 0. The minimum atomic E-state index is 1.00. The molecule has 0 unspecified atom stereocenters. The maximum Gasteiger partial charge on any atom is 0.0466 e. The summed E-state index contributed by atoms with van der Waals surface area (Å²) in [6.07, 6.45) is 11.4. The highest BCUT2D eigenvalue weighted by molar-refractivity contribution is 4.88. The molecule has 0 amide bonds. The van der Waals surface area contributed by atoms with Gasteiger partial charge in [-0.15, -0.1) is 0 Å². The Hall–Kier alpha value is -0.930. The van der Waals surface area contributed by atoms with Crippen molar-refractivity contribution in [2.75, 3.05) is 26.4 Å². The van der Waals surface area contributed by atoms with Crippen LogP contribution in [-0.4, -0.2) is 31.4 Å². The van der Waals surface area contributed by atoms with Gasteiger partial charge in [0.25, 0.3) is 0 Å². The van der Waals surface area contributed by atoms with Gasteiger partial charge in [0.15, 0.2) is 0 Å². The van der Waals surface area contributed by atoms with E-state index in [-0.39, 0.29) is 0 Å². The van der Waals surface area contributed by atoms with Crippen molar-refractivity contribution in [3.63, 3.8) is 0 Å². The van der Waals surface area contributed by atoms with E-state index in [0.29, 0.717) is 0 Å². The Morgan fingerprint density at radius 3 is 1.11 bits per heavy atom. The van der Waals surface area contributed by atoms with E-state index in [1.54, 1.807) is 12.4 Å². The SMILES string of the molecule is C1CCOCC1.C1CCOCC1.c1ccncc1. The topological polar surface area (TPSA) is 31.4 Å². The van der Waals surface area contributed by atoms with Crippen molar-refractivity contribution in [2.24, 2.45) is 0 Å². The maximum atomic E-state index is 5.07. The largest absolute Gasteiger partial charge is 0.381 e. The molecular weight excluding hydrogens is 226 g/mol. The fourth-order valence-electron chi connectivity index (χ4n) is 1.69. The van der Waals surface area contributed by atoms with Gasteiger partial charge in [0.05, 0.1) is 0 Å². The number of hydrogen-bond donors (Lipinski definition) is 0. The Morgan fingerprint density at radius 2 is 1.00 bits per heavy atom. The molecule has 0 radical (unpaired) electrons. The van der Waals surface area contributed by atoms with Crippen LogP contribution < -0.4 is 0 Å². The molecular formula is C15H25NO2. The molecule has 3 heteroatoms. The van der Waals surface area contributed by atoms with E-state index < -0.39 is 0 Å². The van der Waals surface area contributed by atoms with Gasteiger partial charge in [-0.05, 0) is 50.7 Å². The Balaban J connectivity index is 0.000000135. The zero-order valence-electron chi connectivity index (χ0n) is 11.2. The Labute approximate surface area is 111 Å². The standard InChI is InChI=1S/C5H5N.2C5H10O/c3*1-2-4-6-5-3-1/h1-5H;2*1-5H2. The summed E-state index contributed by atoms with van der Waals surface area (Å²) in [5, 5.41) is 0. The molecule has 1 aromatic heterocycles. The Bertz CT molecular complexity index is 184. The maximum absolute atomic E-state index is 5.07. The lowest BCUT2D eigenvalue weighted by molar-refractivity contribution is 0.0967. The van der Waals surface area contributed by atoms with Crippen LogP contribution in [0.25, 0.3) is 0 Å². The lowest BCUT2D eigenvalue weighted by Crippen LogP contribution is -2.03. The number of pyridine rings is 1. The van der Waals surface area contributed by atoms with Crippen LogP contribution in [0, 0.1) is 0 Å². The molecule has 2 aliphatic heterocycles. The van der Waals surface area contributed by atoms with E-state index >= 15 is 0 Å². The number of ether oxygens (including phenoxy) is 2. The van der Waals surface area contributed by atoms with Gasteiger partial charge in [-0.25, -0.2) is 0 Å². The average Bonchev–Trinajstić information content (AvgIpc) is 2.54. The third-order valence-electron chi connectivity index (χ3n) is 2.72. The molecule has 2 fully saturated rings. The van der Waals surface area contributed by atoms with E-state index in [9.17, 15) is 0 Å². The number of hydrogen-bond acceptors (Lipinski definition) is 3. The average molecular weight is 251 g/mol. The fraction of sp³-hybridized carbons (Fsp3) is 0.667. The lowest BCUT2D eigenvalue weighted by atomic mass is 10.2. The molecule has 0 bridgehead atoms. The third-order valence-corrected chi connectivity index (χ3v) is 2.72. The first-order valence-electron chi connectivity index (χ1n) is 7.00. The van der Waals surface area contributed by atoms with Crippen molar-refractivity contribution < 1.29 is 9.47 Å². The molecule has 18 heavy (non-hydrogen) atoms. The van der Waals surface area contributed by atoms with Crippen LogP contribution in [0.4, 0.5) is 0 Å². The minimum absolute atomic E-state index is 1.00. The predicted molar refractivity (Wildman–Crippen MR) is 73.6 cm³/mol. The molecule has 3 nitrogen and oxygen atoms in total. The lowest BCUT2D eigenvalue weighted by Gasteiger charge is -2.08. The highest BCUT2D eigenvalue weighted by atomic mass is 16.5. The first-order valence-corrected chi connectivity index (χ1v) is 7.00. The van der Waals surface area contributed by atoms with Gasteiger partial charge in [0.1, 0.15) is 0 Å². The van der Waals surface area contributed by atoms with Crippen molar-refractivity contribution >= 4 is 0 Å². The molecule has 0 atom stereocenters. The summed E-state index contributed by atoms with van der Waals surface area (Å²) >= 11 is 0. The van der Waals surface area contributed by atoms with Gasteiger partial charge >= 0.3 is 0 Å². The van der Waals surface area contributed by atoms with Gasteiger partial charge in [-0.1, -0.05) is 6.07 Å². The normalized spacial score (nSPS) is 18.7. The molecule has 0 N–H and O–H groups in total. The minimum Gasteiger partial charge on any atom is -0.381 e. The summed E-state index contributed by atoms with van der Waals surface area (Å²) in [6, 6.07) is 5.72. The van der Waals surface area contributed by atoms with E-state index in [2.05, 4.69) is 4.98 Å². The summed E-state index contributed by atoms with van der Waals surface area (Å²) in [7, 11) is 0. The molecule has 1 aromatic rings. The van der Waals surface area contributed by atoms with Gasteiger partial charge in [-0.3, -0.25) is 4.98 Å². The molecule has 3 rings (SSSR count). The van der Waals surface area contributed by atoms with Crippen molar-refractivity contribution in [1.29, 1.82) is 0 Å². The number of nitrogens with zero attached hydrogens (tertiary/aromatic N) is 1. The van der Waals surface area contributed by atoms with Crippen LogP contribution in [0.15, 0.2) is 30.6 Å². The van der Waals surface area contributed by atoms with Crippen LogP contribution in [-0.2, 0) is 9.47 Å². The molecule has 0 aliphatic carbocycles. The van der Waals surface area contributed by atoms with Gasteiger partial charge < -0.3 is 9.47 Å². The van der Waals surface area contributed by atoms with Crippen LogP contribution >= 0.6 is 0 Å². The van der Waals surface area contributed by atoms with Crippen molar-refractivity contribution in [3.05, 3.63) is 30.6 Å².